The van der Waals surface area contributed by atoms with E-state index in [0.29, 0.717) is 6.54 Å². The third kappa shape index (κ3) is 7.11. The van der Waals surface area contributed by atoms with E-state index in [1.54, 1.807) is 4.90 Å². The Morgan fingerprint density at radius 3 is 2.55 bits per heavy atom. The first-order valence-electron chi connectivity index (χ1n) is 6.32. The molecular weight excluding hydrogens is 280 g/mol. The summed E-state index contributed by atoms with van der Waals surface area (Å²) >= 11 is 0. The summed E-state index contributed by atoms with van der Waals surface area (Å²) in [5, 5.41) is 11.5. The SMILES string of the molecule is CCCN(CC(=O)O)CC(=O)Nc1cccc(C)c1.Cl. The van der Waals surface area contributed by atoms with Gasteiger partial charge in [-0.1, -0.05) is 19.1 Å². The Labute approximate surface area is 125 Å². The van der Waals surface area contributed by atoms with Gasteiger partial charge in [0, 0.05) is 5.69 Å². The van der Waals surface area contributed by atoms with Gasteiger partial charge in [0.1, 0.15) is 0 Å². The average molecular weight is 301 g/mol. The number of nitrogens with one attached hydrogen (secondary N) is 1. The molecular formula is C14H21ClN2O3. The van der Waals surface area contributed by atoms with Crippen LogP contribution in [0.1, 0.15) is 18.9 Å². The molecule has 112 valence electrons. The highest BCUT2D eigenvalue weighted by Gasteiger charge is 2.13. The van der Waals surface area contributed by atoms with E-state index in [1.807, 2.05) is 38.1 Å². The zero-order chi connectivity index (χ0) is 14.3. The fourth-order valence-corrected chi connectivity index (χ4v) is 1.85. The molecule has 1 aromatic carbocycles. The summed E-state index contributed by atoms with van der Waals surface area (Å²) in [5.41, 5.74) is 1.80. The number of carboxylic acids is 1. The molecule has 0 bridgehead atoms. The summed E-state index contributed by atoms with van der Waals surface area (Å²) in [6, 6.07) is 7.50. The Bertz CT molecular complexity index is 452. The molecule has 1 aromatic rings. The third-order valence-electron chi connectivity index (χ3n) is 2.57. The minimum absolute atomic E-state index is 0. The monoisotopic (exact) mass is 300 g/mol. The number of anilines is 1. The van der Waals surface area contributed by atoms with Crippen LogP contribution in [0.25, 0.3) is 0 Å². The van der Waals surface area contributed by atoms with Gasteiger partial charge in [-0.2, -0.15) is 0 Å². The van der Waals surface area contributed by atoms with Crippen LogP contribution in [0.5, 0.6) is 0 Å². The van der Waals surface area contributed by atoms with Crippen molar-refractivity contribution in [3.63, 3.8) is 0 Å². The van der Waals surface area contributed by atoms with E-state index in [9.17, 15) is 9.59 Å². The standard InChI is InChI=1S/C14H20N2O3.ClH/c1-3-7-16(10-14(18)19)9-13(17)15-12-6-4-5-11(2)8-12;/h4-6,8H,3,7,9-10H2,1-2H3,(H,15,17)(H,18,19);1H. The number of benzene rings is 1. The summed E-state index contributed by atoms with van der Waals surface area (Å²) in [4.78, 5) is 24.2. The van der Waals surface area contributed by atoms with Crippen molar-refractivity contribution in [3.8, 4) is 0 Å². The number of aryl methyl sites for hydroxylation is 1. The van der Waals surface area contributed by atoms with Crippen molar-refractivity contribution < 1.29 is 14.7 Å². The molecule has 0 unspecified atom stereocenters. The highest BCUT2D eigenvalue weighted by Crippen LogP contribution is 2.09. The summed E-state index contributed by atoms with van der Waals surface area (Å²) in [7, 11) is 0. The molecule has 6 heteroatoms. The average Bonchev–Trinajstić information content (AvgIpc) is 2.27. The molecule has 0 aliphatic rings. The molecule has 20 heavy (non-hydrogen) atoms. The maximum Gasteiger partial charge on any atom is 0.317 e. The lowest BCUT2D eigenvalue weighted by atomic mass is 10.2. The molecule has 0 fully saturated rings. The third-order valence-corrected chi connectivity index (χ3v) is 2.57. The Balaban J connectivity index is 0.00000361. The van der Waals surface area contributed by atoms with Gasteiger partial charge in [-0.05, 0) is 37.6 Å². The molecule has 0 atom stereocenters. The van der Waals surface area contributed by atoms with Crippen LogP contribution >= 0.6 is 12.4 Å². The van der Waals surface area contributed by atoms with E-state index in [0.717, 1.165) is 17.7 Å². The van der Waals surface area contributed by atoms with Gasteiger partial charge in [0.05, 0.1) is 13.1 Å². The van der Waals surface area contributed by atoms with E-state index in [-0.39, 0.29) is 31.4 Å². The predicted octanol–water partition coefficient (Wildman–Crippen LogP) is 2.15. The number of rotatable bonds is 7. The Kier molecular flexibility index (Phi) is 8.59. The number of carboxylic acid groups (broad SMARTS) is 1. The Morgan fingerprint density at radius 1 is 1.30 bits per heavy atom. The van der Waals surface area contributed by atoms with Crippen molar-refractivity contribution in [1.29, 1.82) is 0 Å². The second-order valence-corrected chi connectivity index (χ2v) is 4.52. The minimum Gasteiger partial charge on any atom is -0.480 e. The number of hydrogen-bond acceptors (Lipinski definition) is 3. The van der Waals surface area contributed by atoms with Crippen LogP contribution < -0.4 is 5.32 Å². The second kappa shape index (κ2) is 9.34. The van der Waals surface area contributed by atoms with Crippen LogP contribution in [-0.2, 0) is 9.59 Å². The molecule has 0 radical (unpaired) electrons. The van der Waals surface area contributed by atoms with E-state index >= 15 is 0 Å². The van der Waals surface area contributed by atoms with Gasteiger partial charge in [0.2, 0.25) is 5.91 Å². The zero-order valence-corrected chi connectivity index (χ0v) is 12.6. The van der Waals surface area contributed by atoms with Crippen molar-refractivity contribution >= 4 is 30.0 Å². The van der Waals surface area contributed by atoms with Gasteiger partial charge in [0.25, 0.3) is 0 Å². The lowest BCUT2D eigenvalue weighted by molar-refractivity contribution is -0.138. The highest BCUT2D eigenvalue weighted by molar-refractivity contribution is 5.92. The van der Waals surface area contributed by atoms with Crippen LogP contribution in [0.3, 0.4) is 0 Å². The van der Waals surface area contributed by atoms with Crippen LogP contribution in [0, 0.1) is 6.92 Å². The Morgan fingerprint density at radius 2 is 2.00 bits per heavy atom. The van der Waals surface area contributed by atoms with Crippen molar-refractivity contribution in [2.24, 2.45) is 0 Å². The van der Waals surface area contributed by atoms with Crippen LogP contribution in [0.15, 0.2) is 24.3 Å². The van der Waals surface area contributed by atoms with Crippen molar-refractivity contribution in [1.82, 2.24) is 4.90 Å². The van der Waals surface area contributed by atoms with Crippen LogP contribution in [-0.4, -0.2) is 41.5 Å². The predicted molar refractivity (Wildman–Crippen MR) is 81.4 cm³/mol. The Hall–Kier alpha value is -1.59. The molecule has 1 amide bonds. The van der Waals surface area contributed by atoms with Crippen molar-refractivity contribution in [2.45, 2.75) is 20.3 Å². The number of amides is 1. The van der Waals surface area contributed by atoms with Crippen LogP contribution in [0.4, 0.5) is 5.69 Å². The zero-order valence-electron chi connectivity index (χ0n) is 11.8. The number of halogens is 1. The second-order valence-electron chi connectivity index (χ2n) is 4.52. The summed E-state index contributed by atoms with van der Waals surface area (Å²) < 4.78 is 0. The maximum atomic E-state index is 11.8. The first-order chi connectivity index (χ1) is 9.01. The number of aliphatic carboxylic acids is 1. The summed E-state index contributed by atoms with van der Waals surface area (Å²) in [6.07, 6.45) is 0.811. The number of hydrogen-bond donors (Lipinski definition) is 2. The minimum atomic E-state index is -0.920. The smallest absolute Gasteiger partial charge is 0.317 e. The first kappa shape index (κ1) is 18.4. The van der Waals surface area contributed by atoms with Gasteiger partial charge >= 0.3 is 5.97 Å². The van der Waals surface area contributed by atoms with Gasteiger partial charge < -0.3 is 10.4 Å². The quantitative estimate of drug-likeness (QED) is 0.809. The molecule has 5 nitrogen and oxygen atoms in total. The molecule has 0 saturated carbocycles. The number of carbonyl (C=O) groups is 2. The molecule has 0 aliphatic heterocycles. The molecule has 0 spiro atoms. The van der Waals surface area contributed by atoms with E-state index < -0.39 is 5.97 Å². The molecule has 0 aromatic heterocycles. The highest BCUT2D eigenvalue weighted by atomic mass is 35.5. The van der Waals surface area contributed by atoms with E-state index in [2.05, 4.69) is 5.32 Å². The van der Waals surface area contributed by atoms with Crippen molar-refractivity contribution in [2.75, 3.05) is 25.0 Å². The van der Waals surface area contributed by atoms with Crippen molar-refractivity contribution in [3.05, 3.63) is 29.8 Å². The largest absolute Gasteiger partial charge is 0.480 e. The van der Waals surface area contributed by atoms with E-state index in [4.69, 9.17) is 5.11 Å². The number of nitrogens with zero attached hydrogens (tertiary/aromatic N) is 1. The maximum absolute atomic E-state index is 11.8. The molecule has 2 N–H and O–H groups in total. The summed E-state index contributed by atoms with van der Waals surface area (Å²) in [6.45, 7) is 4.47. The van der Waals surface area contributed by atoms with Gasteiger partial charge in [-0.25, -0.2) is 0 Å². The van der Waals surface area contributed by atoms with E-state index in [1.165, 1.54) is 0 Å². The molecule has 0 saturated heterocycles. The lowest BCUT2D eigenvalue weighted by Gasteiger charge is -2.18. The first-order valence-corrected chi connectivity index (χ1v) is 6.32. The van der Waals surface area contributed by atoms with Gasteiger partial charge in [0.15, 0.2) is 0 Å². The van der Waals surface area contributed by atoms with Gasteiger partial charge in [-0.3, -0.25) is 14.5 Å². The molecule has 1 rings (SSSR count). The number of carbonyl (C=O) groups excluding carboxylic acids is 1. The normalized spacial score (nSPS) is 9.95. The van der Waals surface area contributed by atoms with Crippen LogP contribution in [0.2, 0.25) is 0 Å². The van der Waals surface area contributed by atoms with Gasteiger partial charge in [-0.15, -0.1) is 12.4 Å². The molecule has 0 aliphatic carbocycles. The fourth-order valence-electron chi connectivity index (χ4n) is 1.85. The summed E-state index contributed by atoms with van der Waals surface area (Å²) in [5.74, 6) is -1.11. The topological polar surface area (TPSA) is 69.6 Å². The molecule has 0 heterocycles. The lowest BCUT2D eigenvalue weighted by Crippen LogP contribution is -2.37. The fraction of sp³-hybridized carbons (Fsp3) is 0.429.